The lowest BCUT2D eigenvalue weighted by atomic mass is 9.87. The molecule has 1 heterocycles. The third-order valence-corrected chi connectivity index (χ3v) is 6.50. The highest BCUT2D eigenvalue weighted by molar-refractivity contribution is 6.02. The van der Waals surface area contributed by atoms with Gasteiger partial charge in [-0.05, 0) is 71.3 Å². The van der Waals surface area contributed by atoms with Crippen molar-refractivity contribution >= 4 is 11.6 Å². The fourth-order valence-electron chi connectivity index (χ4n) is 4.19. The Balaban J connectivity index is 1.48. The van der Waals surface area contributed by atoms with Crippen LogP contribution in [-0.2, 0) is 25.0 Å². The minimum absolute atomic E-state index is 0.130. The minimum Gasteiger partial charge on any atom is -0.455 e. The summed E-state index contributed by atoms with van der Waals surface area (Å²) in [6.45, 7) is 13.0. The third-order valence-electron chi connectivity index (χ3n) is 6.50. The molecule has 4 heteroatoms. The van der Waals surface area contributed by atoms with E-state index in [1.165, 1.54) is 22.3 Å². The first-order chi connectivity index (χ1) is 17.2. The number of aryl methyl sites for hydroxylation is 2. The molecule has 1 N–H and O–H groups in total. The van der Waals surface area contributed by atoms with E-state index in [-0.39, 0.29) is 11.3 Å². The number of amides is 1. The summed E-state index contributed by atoms with van der Waals surface area (Å²) in [7, 11) is 0. The quantitative estimate of drug-likeness (QED) is 0.282. The van der Waals surface area contributed by atoms with E-state index in [2.05, 4.69) is 86.4 Å². The molecule has 0 aliphatic rings. The number of hydrogen-bond acceptors (Lipinski definition) is 3. The molecule has 0 radical (unpaired) electrons. The molecule has 1 aromatic heterocycles. The summed E-state index contributed by atoms with van der Waals surface area (Å²) >= 11 is 0. The zero-order valence-electron chi connectivity index (χ0n) is 22.0. The third kappa shape index (κ3) is 6.73. The maximum Gasteiger partial charge on any atom is 0.291 e. The Labute approximate surface area is 215 Å². The summed E-state index contributed by atoms with van der Waals surface area (Å²) in [6.07, 6.45) is 0. The van der Waals surface area contributed by atoms with Crippen LogP contribution >= 0.6 is 0 Å². The zero-order chi connectivity index (χ0) is 25.7. The van der Waals surface area contributed by atoms with E-state index >= 15 is 0 Å². The van der Waals surface area contributed by atoms with Crippen molar-refractivity contribution in [2.24, 2.45) is 0 Å². The molecule has 0 bridgehead atoms. The Morgan fingerprint density at radius 1 is 0.778 bits per heavy atom. The lowest BCUT2D eigenvalue weighted by Gasteiger charge is -2.23. The Morgan fingerprint density at radius 2 is 1.44 bits per heavy atom. The molecule has 0 aliphatic carbocycles. The van der Waals surface area contributed by atoms with Gasteiger partial charge in [-0.1, -0.05) is 81.4 Å². The number of anilines is 1. The van der Waals surface area contributed by atoms with E-state index in [9.17, 15) is 4.79 Å². The number of benzene rings is 3. The highest BCUT2D eigenvalue weighted by Crippen LogP contribution is 2.24. The Bertz CT molecular complexity index is 1300. The van der Waals surface area contributed by atoms with Crippen LogP contribution in [0.4, 0.5) is 5.69 Å². The maximum atomic E-state index is 12.8. The monoisotopic (exact) mass is 480 g/mol. The number of carbonyl (C=O) groups is 1. The second-order valence-corrected chi connectivity index (χ2v) is 10.6. The van der Waals surface area contributed by atoms with Crippen molar-refractivity contribution < 1.29 is 9.21 Å². The topological polar surface area (TPSA) is 45.5 Å². The molecule has 0 aliphatic heterocycles. The van der Waals surface area contributed by atoms with Gasteiger partial charge in [0.15, 0.2) is 5.76 Å². The molecule has 3 aromatic carbocycles. The van der Waals surface area contributed by atoms with E-state index in [4.69, 9.17) is 4.42 Å². The Kier molecular flexibility index (Phi) is 7.76. The summed E-state index contributed by atoms with van der Waals surface area (Å²) < 4.78 is 5.99. The van der Waals surface area contributed by atoms with Crippen LogP contribution in [0.5, 0.6) is 0 Å². The van der Waals surface area contributed by atoms with Crippen molar-refractivity contribution in [3.8, 4) is 0 Å². The smallest absolute Gasteiger partial charge is 0.291 e. The van der Waals surface area contributed by atoms with Crippen molar-refractivity contribution in [3.05, 3.63) is 124 Å². The average molecular weight is 481 g/mol. The molecule has 0 saturated carbocycles. The predicted octanol–water partition coefficient (Wildman–Crippen LogP) is 7.65. The fourth-order valence-corrected chi connectivity index (χ4v) is 4.19. The van der Waals surface area contributed by atoms with Gasteiger partial charge in [-0.25, -0.2) is 0 Å². The molecule has 0 unspecified atom stereocenters. The van der Waals surface area contributed by atoms with Crippen LogP contribution in [0.15, 0.2) is 89.3 Å². The lowest BCUT2D eigenvalue weighted by Crippen LogP contribution is -2.22. The standard InChI is InChI=1S/C32H36N2O2/c1-23-11-16-28(19-24(23)2)33-31(35)30-18-17-29(36-30)22-34(20-25-9-7-6-8-10-25)21-26-12-14-27(15-13-26)32(3,4)5/h6-19H,20-22H2,1-5H3,(H,33,35). The van der Waals surface area contributed by atoms with Gasteiger partial charge in [-0.3, -0.25) is 9.69 Å². The summed E-state index contributed by atoms with van der Waals surface area (Å²) in [6, 6.07) is 28.9. The average Bonchev–Trinajstić information content (AvgIpc) is 3.30. The molecule has 36 heavy (non-hydrogen) atoms. The van der Waals surface area contributed by atoms with Gasteiger partial charge in [0.05, 0.1) is 6.54 Å². The number of nitrogens with zero attached hydrogens (tertiary/aromatic N) is 1. The second-order valence-electron chi connectivity index (χ2n) is 10.6. The fraction of sp³-hybridized carbons (Fsp3) is 0.281. The largest absolute Gasteiger partial charge is 0.455 e. The van der Waals surface area contributed by atoms with Crippen LogP contribution < -0.4 is 5.32 Å². The molecule has 1 amide bonds. The molecule has 0 atom stereocenters. The Morgan fingerprint density at radius 3 is 2.08 bits per heavy atom. The van der Waals surface area contributed by atoms with E-state index in [0.29, 0.717) is 12.3 Å². The van der Waals surface area contributed by atoms with Crippen LogP contribution in [-0.4, -0.2) is 10.8 Å². The van der Waals surface area contributed by atoms with Crippen molar-refractivity contribution in [1.29, 1.82) is 0 Å². The molecular weight excluding hydrogens is 444 g/mol. The number of carbonyl (C=O) groups excluding carboxylic acids is 1. The highest BCUT2D eigenvalue weighted by atomic mass is 16.4. The van der Waals surface area contributed by atoms with Crippen LogP contribution in [0.3, 0.4) is 0 Å². The summed E-state index contributed by atoms with van der Waals surface area (Å²) in [4.78, 5) is 15.1. The van der Waals surface area contributed by atoms with Crippen LogP contribution in [0, 0.1) is 13.8 Å². The molecule has 0 fully saturated rings. The summed E-state index contributed by atoms with van der Waals surface area (Å²) in [5.74, 6) is 0.844. The minimum atomic E-state index is -0.239. The molecule has 4 rings (SSSR count). The van der Waals surface area contributed by atoms with Gasteiger partial charge < -0.3 is 9.73 Å². The van der Waals surface area contributed by atoms with Gasteiger partial charge in [0, 0.05) is 18.8 Å². The first-order valence-corrected chi connectivity index (χ1v) is 12.5. The van der Waals surface area contributed by atoms with Gasteiger partial charge in [0.2, 0.25) is 0 Å². The summed E-state index contributed by atoms with van der Waals surface area (Å²) in [5.41, 5.74) is 7.04. The maximum absolute atomic E-state index is 12.8. The van der Waals surface area contributed by atoms with Crippen LogP contribution in [0.1, 0.15) is 64.9 Å². The molecule has 0 saturated heterocycles. The number of hydrogen-bond donors (Lipinski definition) is 1. The van der Waals surface area contributed by atoms with Gasteiger partial charge >= 0.3 is 0 Å². The van der Waals surface area contributed by atoms with Crippen LogP contribution in [0.25, 0.3) is 0 Å². The number of nitrogens with one attached hydrogen (secondary N) is 1. The summed E-state index contributed by atoms with van der Waals surface area (Å²) in [5, 5.41) is 2.94. The second kappa shape index (κ2) is 11.0. The normalized spacial score (nSPS) is 11.6. The van der Waals surface area contributed by atoms with Crippen molar-refractivity contribution in [2.75, 3.05) is 5.32 Å². The van der Waals surface area contributed by atoms with Gasteiger partial charge in [0.25, 0.3) is 5.91 Å². The Hall–Kier alpha value is -3.63. The van der Waals surface area contributed by atoms with Crippen molar-refractivity contribution in [3.63, 3.8) is 0 Å². The number of furan rings is 1. The lowest BCUT2D eigenvalue weighted by molar-refractivity contribution is 0.0992. The first kappa shape index (κ1) is 25.5. The molecule has 0 spiro atoms. The number of rotatable bonds is 8. The van der Waals surface area contributed by atoms with E-state index in [1.807, 2.05) is 37.3 Å². The SMILES string of the molecule is Cc1ccc(NC(=O)c2ccc(CN(Cc3ccccc3)Cc3ccc(C(C)(C)C)cc3)o2)cc1C. The van der Waals surface area contributed by atoms with E-state index in [1.54, 1.807) is 6.07 Å². The predicted molar refractivity (Wildman–Crippen MR) is 147 cm³/mol. The zero-order valence-corrected chi connectivity index (χ0v) is 22.0. The first-order valence-electron chi connectivity index (χ1n) is 12.5. The molecule has 4 aromatic rings. The van der Waals surface area contributed by atoms with Crippen molar-refractivity contribution in [2.45, 2.75) is 59.7 Å². The van der Waals surface area contributed by atoms with E-state index < -0.39 is 0 Å². The van der Waals surface area contributed by atoms with Gasteiger partial charge in [-0.2, -0.15) is 0 Å². The van der Waals surface area contributed by atoms with Gasteiger partial charge in [0.1, 0.15) is 5.76 Å². The van der Waals surface area contributed by atoms with Crippen LogP contribution in [0.2, 0.25) is 0 Å². The molecule has 186 valence electrons. The van der Waals surface area contributed by atoms with Gasteiger partial charge in [-0.15, -0.1) is 0 Å². The van der Waals surface area contributed by atoms with Crippen molar-refractivity contribution in [1.82, 2.24) is 4.90 Å². The molecular formula is C32H36N2O2. The molecule has 4 nitrogen and oxygen atoms in total. The van der Waals surface area contributed by atoms with E-state index in [0.717, 1.165) is 30.1 Å². The highest BCUT2D eigenvalue weighted by Gasteiger charge is 2.17.